The number of carbonyl (C=O) groups is 2. The summed E-state index contributed by atoms with van der Waals surface area (Å²) in [5.74, 6) is -0.835. The van der Waals surface area contributed by atoms with E-state index < -0.39 is 11.5 Å². The minimum atomic E-state index is -0.593. The third-order valence-electron chi connectivity index (χ3n) is 4.04. The lowest BCUT2D eigenvalue weighted by molar-refractivity contribution is -0.117. The monoisotopic (exact) mass is 390 g/mol. The molecule has 0 bridgehead atoms. The van der Waals surface area contributed by atoms with Crippen LogP contribution >= 0.6 is 15.9 Å². The second kappa shape index (κ2) is 5.86. The highest BCUT2D eigenvalue weighted by molar-refractivity contribution is 9.10. The molecule has 0 saturated heterocycles. The summed E-state index contributed by atoms with van der Waals surface area (Å²) in [7, 11) is 1.65. The van der Waals surface area contributed by atoms with E-state index in [2.05, 4.69) is 25.9 Å². The number of anilines is 2. The first-order valence-corrected chi connectivity index (χ1v) is 8.04. The van der Waals surface area contributed by atoms with Gasteiger partial charge in [-0.1, -0.05) is 15.9 Å². The smallest absolute Gasteiger partial charge is 0.283 e. The number of aryl methyl sites for hydroxylation is 2. The summed E-state index contributed by atoms with van der Waals surface area (Å²) in [6.07, 6.45) is 0. The van der Waals surface area contributed by atoms with Gasteiger partial charge in [0, 0.05) is 17.2 Å². The lowest BCUT2D eigenvalue weighted by atomic mass is 10.1. The standard InChI is InChI=1S/C16H15BrN4O3/c1-8-9(2)19-15(23)14(18-8)16(24)21-7-13(22)20(3)12-6-10(17)4-5-11(12)21/h4-6H,7H2,1-3H3,(H,19,23). The van der Waals surface area contributed by atoms with Crippen LogP contribution in [0.2, 0.25) is 0 Å². The van der Waals surface area contributed by atoms with E-state index in [9.17, 15) is 14.4 Å². The molecule has 24 heavy (non-hydrogen) atoms. The van der Waals surface area contributed by atoms with Crippen LogP contribution in [0, 0.1) is 13.8 Å². The quantitative estimate of drug-likeness (QED) is 0.803. The fourth-order valence-corrected chi connectivity index (χ4v) is 2.88. The number of H-pyrrole nitrogens is 1. The summed E-state index contributed by atoms with van der Waals surface area (Å²) in [4.78, 5) is 46.7. The van der Waals surface area contributed by atoms with Crippen LogP contribution in [-0.4, -0.2) is 35.4 Å². The van der Waals surface area contributed by atoms with Gasteiger partial charge in [0.05, 0.1) is 17.1 Å². The van der Waals surface area contributed by atoms with Gasteiger partial charge in [-0.25, -0.2) is 4.98 Å². The number of halogens is 1. The summed E-state index contributed by atoms with van der Waals surface area (Å²) in [5.41, 5.74) is 1.54. The molecule has 3 rings (SSSR count). The number of hydrogen-bond donors (Lipinski definition) is 1. The van der Waals surface area contributed by atoms with E-state index in [0.29, 0.717) is 22.8 Å². The van der Waals surface area contributed by atoms with Crippen molar-refractivity contribution in [2.24, 2.45) is 0 Å². The minimum absolute atomic E-state index is 0.141. The highest BCUT2D eigenvalue weighted by Crippen LogP contribution is 2.35. The molecular weight excluding hydrogens is 376 g/mol. The second-order valence-corrected chi connectivity index (χ2v) is 6.52. The van der Waals surface area contributed by atoms with E-state index in [-0.39, 0.29) is 18.1 Å². The first-order chi connectivity index (χ1) is 11.3. The Morgan fingerprint density at radius 2 is 1.96 bits per heavy atom. The Bertz CT molecular complexity index is 922. The van der Waals surface area contributed by atoms with Crippen molar-refractivity contribution in [2.45, 2.75) is 13.8 Å². The number of amides is 2. The second-order valence-electron chi connectivity index (χ2n) is 5.60. The molecule has 0 fully saturated rings. The van der Waals surface area contributed by atoms with E-state index in [1.165, 1.54) is 9.80 Å². The summed E-state index contributed by atoms with van der Waals surface area (Å²) < 4.78 is 0.789. The first kappa shape index (κ1) is 16.4. The third-order valence-corrected chi connectivity index (χ3v) is 4.54. The van der Waals surface area contributed by atoms with Crippen LogP contribution in [0.3, 0.4) is 0 Å². The van der Waals surface area contributed by atoms with Crippen molar-refractivity contribution >= 4 is 39.1 Å². The zero-order valence-corrected chi connectivity index (χ0v) is 15.0. The highest BCUT2D eigenvalue weighted by atomic mass is 79.9. The third kappa shape index (κ3) is 2.62. The van der Waals surface area contributed by atoms with Crippen LogP contribution in [0.4, 0.5) is 11.4 Å². The van der Waals surface area contributed by atoms with Crippen molar-refractivity contribution in [1.82, 2.24) is 9.97 Å². The van der Waals surface area contributed by atoms with Gasteiger partial charge < -0.3 is 9.88 Å². The van der Waals surface area contributed by atoms with Gasteiger partial charge >= 0.3 is 0 Å². The molecule has 0 saturated carbocycles. The molecule has 0 unspecified atom stereocenters. The summed E-state index contributed by atoms with van der Waals surface area (Å²) in [5, 5.41) is 0. The normalized spacial score (nSPS) is 13.9. The van der Waals surface area contributed by atoms with E-state index in [1.54, 1.807) is 39.1 Å². The molecule has 0 atom stereocenters. The lowest BCUT2D eigenvalue weighted by Crippen LogP contribution is -2.48. The average molecular weight is 391 g/mol. The largest absolute Gasteiger partial charge is 0.323 e. The van der Waals surface area contributed by atoms with Gasteiger partial charge in [-0.05, 0) is 32.0 Å². The Kier molecular flexibility index (Phi) is 4.00. The molecule has 2 heterocycles. The highest BCUT2D eigenvalue weighted by Gasteiger charge is 2.33. The van der Waals surface area contributed by atoms with Crippen molar-refractivity contribution < 1.29 is 9.59 Å². The molecule has 1 aliphatic heterocycles. The van der Waals surface area contributed by atoms with Crippen LogP contribution < -0.4 is 15.4 Å². The zero-order chi connectivity index (χ0) is 17.6. The van der Waals surface area contributed by atoms with E-state index in [4.69, 9.17) is 0 Å². The van der Waals surface area contributed by atoms with Gasteiger partial charge in [-0.15, -0.1) is 0 Å². The molecule has 124 valence electrons. The zero-order valence-electron chi connectivity index (χ0n) is 13.4. The number of hydrogen-bond acceptors (Lipinski definition) is 4. The van der Waals surface area contributed by atoms with Crippen molar-refractivity contribution in [3.63, 3.8) is 0 Å². The van der Waals surface area contributed by atoms with Gasteiger partial charge in [-0.3, -0.25) is 19.3 Å². The first-order valence-electron chi connectivity index (χ1n) is 7.25. The van der Waals surface area contributed by atoms with Gasteiger partial charge in [0.2, 0.25) is 5.91 Å². The van der Waals surface area contributed by atoms with Crippen LogP contribution in [0.25, 0.3) is 0 Å². The van der Waals surface area contributed by atoms with Crippen molar-refractivity contribution in [3.05, 3.63) is 50.1 Å². The Morgan fingerprint density at radius 1 is 1.25 bits per heavy atom. The van der Waals surface area contributed by atoms with Gasteiger partial charge in [0.1, 0.15) is 6.54 Å². The Hall–Kier alpha value is -2.48. The molecule has 1 aromatic carbocycles. The Labute approximate surface area is 146 Å². The number of aromatic amines is 1. The van der Waals surface area contributed by atoms with E-state index in [0.717, 1.165) is 4.47 Å². The number of fused-ring (bicyclic) bond motifs is 1. The van der Waals surface area contributed by atoms with Gasteiger partial charge in [0.15, 0.2) is 5.69 Å². The Morgan fingerprint density at radius 3 is 2.67 bits per heavy atom. The van der Waals surface area contributed by atoms with E-state index in [1.807, 2.05) is 0 Å². The fraction of sp³-hybridized carbons (Fsp3) is 0.250. The van der Waals surface area contributed by atoms with Gasteiger partial charge in [0.25, 0.3) is 11.5 Å². The Balaban J connectivity index is 2.12. The molecule has 0 spiro atoms. The number of nitrogens with zero attached hydrogens (tertiary/aromatic N) is 3. The number of rotatable bonds is 1. The molecule has 7 nitrogen and oxygen atoms in total. The van der Waals surface area contributed by atoms with Crippen molar-refractivity contribution in [2.75, 3.05) is 23.4 Å². The molecule has 0 radical (unpaired) electrons. The molecule has 2 amide bonds. The minimum Gasteiger partial charge on any atom is -0.323 e. The van der Waals surface area contributed by atoms with Crippen LogP contribution in [0.15, 0.2) is 27.5 Å². The molecule has 0 aliphatic carbocycles. The predicted molar refractivity (Wildman–Crippen MR) is 93.6 cm³/mol. The summed E-state index contributed by atoms with van der Waals surface area (Å²) in [6.45, 7) is 3.28. The fourth-order valence-electron chi connectivity index (χ4n) is 2.53. The number of benzene rings is 1. The number of nitrogens with one attached hydrogen (secondary N) is 1. The van der Waals surface area contributed by atoms with Crippen LogP contribution in [0.5, 0.6) is 0 Å². The number of likely N-dealkylation sites (N-methyl/N-ethyl adjacent to an activating group) is 1. The summed E-state index contributed by atoms with van der Waals surface area (Å²) in [6, 6.07) is 5.26. The predicted octanol–water partition coefficient (Wildman–Crippen LogP) is 1.77. The maximum Gasteiger partial charge on any atom is 0.283 e. The molecule has 1 aromatic heterocycles. The molecular formula is C16H15BrN4O3. The number of aromatic nitrogens is 2. The van der Waals surface area contributed by atoms with Crippen molar-refractivity contribution in [1.29, 1.82) is 0 Å². The van der Waals surface area contributed by atoms with Crippen LogP contribution in [-0.2, 0) is 4.79 Å². The lowest BCUT2D eigenvalue weighted by Gasteiger charge is -2.34. The molecule has 1 N–H and O–H groups in total. The maximum absolute atomic E-state index is 12.8. The van der Waals surface area contributed by atoms with Crippen LogP contribution in [0.1, 0.15) is 21.9 Å². The van der Waals surface area contributed by atoms with Gasteiger partial charge in [-0.2, -0.15) is 0 Å². The topological polar surface area (TPSA) is 86.4 Å². The molecule has 2 aromatic rings. The van der Waals surface area contributed by atoms with E-state index >= 15 is 0 Å². The average Bonchev–Trinajstić information content (AvgIpc) is 2.54. The molecule has 1 aliphatic rings. The number of carbonyl (C=O) groups excluding carboxylic acids is 2. The molecule has 8 heteroatoms. The van der Waals surface area contributed by atoms with Crippen molar-refractivity contribution in [3.8, 4) is 0 Å². The maximum atomic E-state index is 12.8. The SMILES string of the molecule is Cc1nc(C(=O)N2CC(=O)N(C)c3cc(Br)ccc32)c(=O)[nH]c1C. The summed E-state index contributed by atoms with van der Waals surface area (Å²) >= 11 is 3.36.